The quantitative estimate of drug-likeness (QED) is 0.361. The van der Waals surface area contributed by atoms with E-state index in [1.54, 1.807) is 6.20 Å². The summed E-state index contributed by atoms with van der Waals surface area (Å²) in [6, 6.07) is 16.3. The Labute approximate surface area is 227 Å². The smallest absolute Gasteiger partial charge is 0.245 e. The van der Waals surface area contributed by atoms with Crippen molar-refractivity contribution in [1.29, 1.82) is 5.26 Å². The first kappa shape index (κ1) is 24.7. The molecule has 0 unspecified atom stereocenters. The van der Waals surface area contributed by atoms with Crippen molar-refractivity contribution in [3.05, 3.63) is 84.3 Å². The van der Waals surface area contributed by atoms with E-state index in [2.05, 4.69) is 45.7 Å². The minimum absolute atomic E-state index is 0.000936. The lowest BCUT2D eigenvalue weighted by atomic mass is 9.71. The van der Waals surface area contributed by atoms with Crippen LogP contribution in [0.25, 0.3) is 22.0 Å². The Balaban J connectivity index is 1.37. The fraction of sp³-hybridized carbons (Fsp3) is 0.290. The third-order valence-corrected chi connectivity index (χ3v) is 8.12. The van der Waals surface area contributed by atoms with Crippen molar-refractivity contribution in [2.45, 2.75) is 26.4 Å². The van der Waals surface area contributed by atoms with Gasteiger partial charge in [-0.1, -0.05) is 18.7 Å². The molecular formula is C31H30N6O2. The van der Waals surface area contributed by atoms with E-state index in [9.17, 15) is 10.1 Å². The Hall–Kier alpha value is -4.64. The van der Waals surface area contributed by atoms with Gasteiger partial charge in [-0.3, -0.25) is 14.9 Å². The molecule has 1 spiro atoms. The number of H-pyrrole nitrogens is 1. The van der Waals surface area contributed by atoms with Crippen LogP contribution in [0.3, 0.4) is 0 Å². The molecule has 2 fully saturated rings. The summed E-state index contributed by atoms with van der Waals surface area (Å²) in [6.07, 6.45) is 6.89. The molecule has 1 N–H and O–H groups in total. The van der Waals surface area contributed by atoms with Crippen LogP contribution in [0, 0.1) is 23.7 Å². The number of ether oxygens (including phenoxy) is 1. The van der Waals surface area contributed by atoms with E-state index in [0.29, 0.717) is 17.9 Å². The number of likely N-dealkylation sites (tertiary alicyclic amines) is 1. The van der Waals surface area contributed by atoms with Crippen molar-refractivity contribution < 1.29 is 9.53 Å². The number of aromatic nitrogens is 3. The van der Waals surface area contributed by atoms with Gasteiger partial charge in [-0.25, -0.2) is 0 Å². The van der Waals surface area contributed by atoms with Crippen molar-refractivity contribution in [3.63, 3.8) is 0 Å². The summed E-state index contributed by atoms with van der Waals surface area (Å²) in [5.74, 6) is 0.692. The number of nitrogens with one attached hydrogen (secondary N) is 1. The number of aryl methyl sites for hydroxylation is 1. The van der Waals surface area contributed by atoms with Gasteiger partial charge in [0.25, 0.3) is 0 Å². The number of pyridine rings is 1. The lowest BCUT2D eigenvalue weighted by Crippen LogP contribution is -2.61. The first-order valence-corrected chi connectivity index (χ1v) is 13.2. The molecule has 2 aromatic heterocycles. The third-order valence-electron chi connectivity index (χ3n) is 8.12. The molecule has 0 bridgehead atoms. The molecule has 39 heavy (non-hydrogen) atoms. The van der Waals surface area contributed by atoms with Crippen molar-refractivity contribution in [1.82, 2.24) is 20.1 Å². The summed E-state index contributed by atoms with van der Waals surface area (Å²) < 4.78 is 6.27. The van der Waals surface area contributed by atoms with Crippen LogP contribution in [0.1, 0.15) is 29.7 Å². The van der Waals surface area contributed by atoms with Crippen LogP contribution in [0.5, 0.6) is 5.75 Å². The van der Waals surface area contributed by atoms with Crippen molar-refractivity contribution in [2.75, 3.05) is 31.1 Å². The van der Waals surface area contributed by atoms with E-state index >= 15 is 0 Å². The molecule has 2 aliphatic rings. The lowest BCUT2D eigenvalue weighted by molar-refractivity contribution is -0.139. The summed E-state index contributed by atoms with van der Waals surface area (Å²) in [7, 11) is 0. The molecule has 0 aliphatic carbocycles. The molecule has 4 heterocycles. The second kappa shape index (κ2) is 9.91. The van der Waals surface area contributed by atoms with Gasteiger partial charge in [0.1, 0.15) is 18.4 Å². The number of amides is 1. The molecule has 0 radical (unpaired) electrons. The summed E-state index contributed by atoms with van der Waals surface area (Å²) in [5, 5.41) is 18.8. The average Bonchev–Trinajstić information content (AvgIpc) is 3.43. The standard InChI is InChI=1S/C31H30N6O2/c1-3-29(38)37-19-31(20-37)9-12-36(13-10-31)28-15-23(39-18-22-6-4-5-11-33-22)14-24(25(28)16-32)30-21(2)7-8-27-26(30)17-34-35-27/h3-8,11,14-15,17H,1,9-10,12-13,18-20H2,2H3,(H,34,35). The number of carbonyl (C=O) groups excluding carboxylic acids is 1. The summed E-state index contributed by atoms with van der Waals surface area (Å²) in [6.45, 7) is 9.17. The molecule has 4 aromatic rings. The van der Waals surface area contributed by atoms with Gasteiger partial charge in [0.05, 0.1) is 28.7 Å². The largest absolute Gasteiger partial charge is 0.487 e. The van der Waals surface area contributed by atoms with E-state index in [0.717, 1.165) is 78.0 Å². The van der Waals surface area contributed by atoms with Gasteiger partial charge in [0, 0.05) is 54.8 Å². The predicted octanol–water partition coefficient (Wildman–Crippen LogP) is 5.00. The maximum atomic E-state index is 12.0. The number of carbonyl (C=O) groups is 1. The van der Waals surface area contributed by atoms with Gasteiger partial charge in [0.2, 0.25) is 5.91 Å². The zero-order valence-corrected chi connectivity index (χ0v) is 22.0. The first-order valence-electron chi connectivity index (χ1n) is 13.2. The van der Waals surface area contributed by atoms with Crippen LogP contribution < -0.4 is 9.64 Å². The second-order valence-electron chi connectivity index (χ2n) is 10.6. The van der Waals surface area contributed by atoms with Crippen molar-refractivity contribution in [2.24, 2.45) is 5.41 Å². The molecule has 2 saturated heterocycles. The number of benzene rings is 2. The normalized spacial score (nSPS) is 16.1. The molecule has 6 rings (SSSR count). The molecule has 196 valence electrons. The highest BCUT2D eigenvalue weighted by molar-refractivity contribution is 5.99. The SMILES string of the molecule is C=CC(=O)N1CC2(CCN(c3cc(OCc4ccccn4)cc(-c4c(C)ccc5[nH]ncc45)c3C#N)CC2)C1. The number of hydrogen-bond acceptors (Lipinski definition) is 6. The second-order valence-corrected chi connectivity index (χ2v) is 10.6. The fourth-order valence-corrected chi connectivity index (χ4v) is 5.96. The fourth-order valence-electron chi connectivity index (χ4n) is 5.96. The first-order chi connectivity index (χ1) is 19.0. The number of nitriles is 1. The minimum Gasteiger partial charge on any atom is -0.487 e. The monoisotopic (exact) mass is 518 g/mol. The van der Waals surface area contributed by atoms with Gasteiger partial charge in [0.15, 0.2) is 0 Å². The number of hydrogen-bond donors (Lipinski definition) is 1. The maximum Gasteiger partial charge on any atom is 0.245 e. The molecule has 8 nitrogen and oxygen atoms in total. The Kier molecular flexibility index (Phi) is 6.27. The van der Waals surface area contributed by atoms with Gasteiger partial charge >= 0.3 is 0 Å². The Morgan fingerprint density at radius 2 is 2.05 bits per heavy atom. The van der Waals surface area contributed by atoms with E-state index in [1.165, 1.54) is 6.08 Å². The molecular weight excluding hydrogens is 488 g/mol. The highest BCUT2D eigenvalue weighted by atomic mass is 16.5. The minimum atomic E-state index is 0.000936. The number of anilines is 1. The topological polar surface area (TPSA) is 98.1 Å². The molecule has 1 amide bonds. The van der Waals surface area contributed by atoms with Crippen LogP contribution >= 0.6 is 0 Å². The van der Waals surface area contributed by atoms with E-state index in [4.69, 9.17) is 4.74 Å². The number of rotatable bonds is 6. The van der Waals surface area contributed by atoms with Crippen molar-refractivity contribution in [3.8, 4) is 22.9 Å². The Morgan fingerprint density at radius 1 is 1.23 bits per heavy atom. The van der Waals surface area contributed by atoms with Crippen LogP contribution in [-0.2, 0) is 11.4 Å². The molecule has 2 aliphatic heterocycles. The van der Waals surface area contributed by atoms with Gasteiger partial charge in [-0.15, -0.1) is 0 Å². The van der Waals surface area contributed by atoms with Crippen LogP contribution in [-0.4, -0.2) is 52.2 Å². The highest BCUT2D eigenvalue weighted by Crippen LogP contribution is 2.45. The number of nitrogens with zero attached hydrogens (tertiary/aromatic N) is 5. The van der Waals surface area contributed by atoms with Crippen LogP contribution in [0.15, 0.2) is 67.5 Å². The number of aromatic amines is 1. The van der Waals surface area contributed by atoms with E-state index in [-0.39, 0.29) is 11.3 Å². The molecule has 0 atom stereocenters. The molecule has 8 heteroatoms. The number of fused-ring (bicyclic) bond motifs is 1. The summed E-state index contributed by atoms with van der Waals surface area (Å²) >= 11 is 0. The maximum absolute atomic E-state index is 12.0. The van der Waals surface area contributed by atoms with Crippen LogP contribution in [0.4, 0.5) is 5.69 Å². The van der Waals surface area contributed by atoms with Crippen molar-refractivity contribution >= 4 is 22.5 Å². The lowest BCUT2D eigenvalue weighted by Gasteiger charge is -2.54. The number of piperidine rings is 1. The zero-order chi connectivity index (χ0) is 27.0. The highest BCUT2D eigenvalue weighted by Gasteiger charge is 2.46. The van der Waals surface area contributed by atoms with E-state index < -0.39 is 0 Å². The summed E-state index contributed by atoms with van der Waals surface area (Å²) in [4.78, 5) is 20.5. The molecule has 2 aromatic carbocycles. The molecule has 0 saturated carbocycles. The predicted molar refractivity (Wildman–Crippen MR) is 150 cm³/mol. The van der Waals surface area contributed by atoms with E-state index in [1.807, 2.05) is 47.5 Å². The van der Waals surface area contributed by atoms with Crippen LogP contribution in [0.2, 0.25) is 0 Å². The Morgan fingerprint density at radius 3 is 2.77 bits per heavy atom. The Bertz CT molecular complexity index is 1590. The van der Waals surface area contributed by atoms with Gasteiger partial charge < -0.3 is 14.5 Å². The van der Waals surface area contributed by atoms with Gasteiger partial charge in [-0.2, -0.15) is 10.4 Å². The zero-order valence-electron chi connectivity index (χ0n) is 22.0. The summed E-state index contributed by atoms with van der Waals surface area (Å²) in [5.41, 5.74) is 6.29. The average molecular weight is 519 g/mol. The third kappa shape index (κ3) is 4.50. The van der Waals surface area contributed by atoms with Gasteiger partial charge in [-0.05, 0) is 61.2 Å².